The molecule has 2 heterocycles. The summed E-state index contributed by atoms with van der Waals surface area (Å²) in [5.41, 5.74) is 0.439. The number of hydrogen-bond acceptors (Lipinski definition) is 6. The number of aromatic nitrogens is 2. The van der Waals surface area contributed by atoms with Gasteiger partial charge in [0.1, 0.15) is 5.82 Å². The SMILES string of the molecule is Cc1nnc(COC(=O)C2CCN(C(=O)c3ccc(F)cc3)CC2)o1. The molecule has 8 heteroatoms. The fourth-order valence-electron chi connectivity index (χ4n) is 2.74. The van der Waals surface area contributed by atoms with Crippen molar-refractivity contribution < 1.29 is 23.1 Å². The summed E-state index contributed by atoms with van der Waals surface area (Å²) in [4.78, 5) is 26.1. The van der Waals surface area contributed by atoms with Gasteiger partial charge in [-0.15, -0.1) is 10.2 Å². The Morgan fingerprint density at radius 1 is 1.24 bits per heavy atom. The van der Waals surface area contributed by atoms with E-state index in [9.17, 15) is 14.0 Å². The minimum Gasteiger partial charge on any atom is -0.455 e. The van der Waals surface area contributed by atoms with E-state index in [0.717, 1.165) is 0 Å². The maximum absolute atomic E-state index is 12.9. The highest BCUT2D eigenvalue weighted by Gasteiger charge is 2.29. The number of benzene rings is 1. The van der Waals surface area contributed by atoms with Crippen molar-refractivity contribution in [1.29, 1.82) is 0 Å². The van der Waals surface area contributed by atoms with E-state index in [0.29, 0.717) is 37.4 Å². The van der Waals surface area contributed by atoms with E-state index in [4.69, 9.17) is 9.15 Å². The van der Waals surface area contributed by atoms with Gasteiger partial charge in [0.2, 0.25) is 5.89 Å². The molecule has 0 atom stereocenters. The Morgan fingerprint density at radius 3 is 2.52 bits per heavy atom. The van der Waals surface area contributed by atoms with Crippen molar-refractivity contribution in [1.82, 2.24) is 15.1 Å². The Labute approximate surface area is 143 Å². The molecule has 0 unspecified atom stereocenters. The molecule has 0 N–H and O–H groups in total. The Kier molecular flexibility index (Phi) is 5.06. The van der Waals surface area contributed by atoms with E-state index in [1.54, 1.807) is 11.8 Å². The van der Waals surface area contributed by atoms with Crippen molar-refractivity contribution in [3.8, 4) is 0 Å². The molecule has 1 saturated heterocycles. The number of piperidine rings is 1. The minimum atomic E-state index is -0.380. The van der Waals surface area contributed by atoms with Gasteiger partial charge in [-0.3, -0.25) is 9.59 Å². The van der Waals surface area contributed by atoms with Crippen LogP contribution >= 0.6 is 0 Å². The Balaban J connectivity index is 1.48. The monoisotopic (exact) mass is 347 g/mol. The summed E-state index contributed by atoms with van der Waals surface area (Å²) in [6.07, 6.45) is 1.04. The zero-order chi connectivity index (χ0) is 17.8. The highest BCUT2D eigenvalue weighted by atomic mass is 19.1. The molecule has 1 amide bonds. The van der Waals surface area contributed by atoms with Gasteiger partial charge in [-0.2, -0.15) is 0 Å². The molecule has 1 aromatic heterocycles. The third-order valence-electron chi connectivity index (χ3n) is 4.11. The molecule has 7 nitrogen and oxygen atoms in total. The lowest BCUT2D eigenvalue weighted by atomic mass is 9.96. The number of carbonyl (C=O) groups excluding carboxylic acids is 2. The van der Waals surface area contributed by atoms with Crippen LogP contribution in [0.4, 0.5) is 4.39 Å². The second-order valence-corrected chi connectivity index (χ2v) is 5.90. The first kappa shape index (κ1) is 17.1. The lowest BCUT2D eigenvalue weighted by molar-refractivity contribution is -0.152. The summed E-state index contributed by atoms with van der Waals surface area (Å²) < 4.78 is 23.3. The number of amides is 1. The predicted molar refractivity (Wildman–Crippen MR) is 83.9 cm³/mol. The zero-order valence-corrected chi connectivity index (χ0v) is 13.8. The van der Waals surface area contributed by atoms with Crippen LogP contribution in [-0.4, -0.2) is 40.1 Å². The van der Waals surface area contributed by atoms with Gasteiger partial charge in [0.25, 0.3) is 11.8 Å². The molecule has 0 bridgehead atoms. The van der Waals surface area contributed by atoms with Gasteiger partial charge in [-0.05, 0) is 37.1 Å². The third kappa shape index (κ3) is 4.20. The summed E-state index contributed by atoms with van der Waals surface area (Å²) in [5, 5.41) is 7.43. The van der Waals surface area contributed by atoms with Crippen LogP contribution in [0, 0.1) is 18.7 Å². The van der Waals surface area contributed by atoms with Crippen molar-refractivity contribution in [2.24, 2.45) is 5.92 Å². The van der Waals surface area contributed by atoms with Crippen LogP contribution in [0.1, 0.15) is 35.0 Å². The van der Waals surface area contributed by atoms with Crippen molar-refractivity contribution in [3.63, 3.8) is 0 Å². The molecular weight excluding hydrogens is 329 g/mol. The molecule has 1 aliphatic rings. The molecule has 0 spiro atoms. The highest BCUT2D eigenvalue weighted by molar-refractivity contribution is 5.94. The average molecular weight is 347 g/mol. The number of aryl methyl sites for hydroxylation is 1. The molecule has 132 valence electrons. The summed E-state index contributed by atoms with van der Waals surface area (Å²) in [7, 11) is 0. The maximum atomic E-state index is 12.9. The molecule has 25 heavy (non-hydrogen) atoms. The first-order chi connectivity index (χ1) is 12.0. The number of nitrogens with zero attached hydrogens (tertiary/aromatic N) is 3. The van der Waals surface area contributed by atoms with E-state index < -0.39 is 0 Å². The van der Waals surface area contributed by atoms with Gasteiger partial charge in [0, 0.05) is 25.6 Å². The molecule has 0 aliphatic carbocycles. The van der Waals surface area contributed by atoms with Crippen molar-refractivity contribution in [2.45, 2.75) is 26.4 Å². The number of ether oxygens (including phenoxy) is 1. The minimum absolute atomic E-state index is 0.0472. The number of hydrogen-bond donors (Lipinski definition) is 0. The van der Waals surface area contributed by atoms with E-state index in [2.05, 4.69) is 10.2 Å². The lowest BCUT2D eigenvalue weighted by Crippen LogP contribution is -2.40. The van der Waals surface area contributed by atoms with E-state index >= 15 is 0 Å². The van der Waals surface area contributed by atoms with Crippen LogP contribution in [0.5, 0.6) is 0 Å². The lowest BCUT2D eigenvalue weighted by Gasteiger charge is -2.30. The molecule has 1 fully saturated rings. The molecule has 0 saturated carbocycles. The molecule has 1 aliphatic heterocycles. The predicted octanol–water partition coefficient (Wildman–Crippen LogP) is 2.11. The fourth-order valence-corrected chi connectivity index (χ4v) is 2.74. The molecule has 2 aromatic rings. The van der Waals surface area contributed by atoms with E-state index in [1.165, 1.54) is 24.3 Å². The number of likely N-dealkylation sites (tertiary alicyclic amines) is 1. The van der Waals surface area contributed by atoms with Crippen molar-refractivity contribution in [3.05, 3.63) is 47.4 Å². The zero-order valence-electron chi connectivity index (χ0n) is 13.8. The Bertz CT molecular complexity index is 752. The second kappa shape index (κ2) is 7.42. The number of halogens is 1. The van der Waals surface area contributed by atoms with Crippen LogP contribution in [-0.2, 0) is 16.1 Å². The maximum Gasteiger partial charge on any atom is 0.309 e. The first-order valence-electron chi connectivity index (χ1n) is 8.03. The summed E-state index contributed by atoms with van der Waals surface area (Å²) in [5.74, 6) is -0.456. The van der Waals surface area contributed by atoms with Crippen LogP contribution in [0.3, 0.4) is 0 Å². The number of rotatable bonds is 4. The van der Waals surface area contributed by atoms with Crippen LogP contribution in [0.25, 0.3) is 0 Å². The summed E-state index contributed by atoms with van der Waals surface area (Å²) in [6, 6.07) is 5.45. The largest absolute Gasteiger partial charge is 0.455 e. The van der Waals surface area contributed by atoms with Gasteiger partial charge >= 0.3 is 5.97 Å². The van der Waals surface area contributed by atoms with Gasteiger partial charge in [-0.1, -0.05) is 0 Å². The molecule has 3 rings (SSSR count). The quantitative estimate of drug-likeness (QED) is 0.788. The number of carbonyl (C=O) groups is 2. The average Bonchev–Trinajstić information content (AvgIpc) is 3.05. The summed E-state index contributed by atoms with van der Waals surface area (Å²) >= 11 is 0. The Hall–Kier alpha value is -2.77. The normalized spacial score (nSPS) is 15.2. The molecular formula is C17H18FN3O4. The van der Waals surface area contributed by atoms with Gasteiger partial charge in [-0.25, -0.2) is 4.39 Å². The van der Waals surface area contributed by atoms with Crippen LogP contribution in [0.2, 0.25) is 0 Å². The van der Waals surface area contributed by atoms with Crippen LogP contribution in [0.15, 0.2) is 28.7 Å². The Morgan fingerprint density at radius 2 is 1.92 bits per heavy atom. The van der Waals surface area contributed by atoms with E-state index in [-0.39, 0.29) is 36.1 Å². The van der Waals surface area contributed by atoms with E-state index in [1.807, 2.05) is 0 Å². The van der Waals surface area contributed by atoms with Gasteiger partial charge in [0.05, 0.1) is 5.92 Å². The fraction of sp³-hybridized carbons (Fsp3) is 0.412. The first-order valence-corrected chi connectivity index (χ1v) is 8.03. The number of esters is 1. The topological polar surface area (TPSA) is 85.5 Å². The van der Waals surface area contributed by atoms with Crippen LogP contribution < -0.4 is 0 Å². The van der Waals surface area contributed by atoms with Crippen molar-refractivity contribution in [2.75, 3.05) is 13.1 Å². The third-order valence-corrected chi connectivity index (χ3v) is 4.11. The molecule has 0 radical (unpaired) electrons. The second-order valence-electron chi connectivity index (χ2n) is 5.90. The van der Waals surface area contributed by atoms with Crippen molar-refractivity contribution >= 4 is 11.9 Å². The standard InChI is InChI=1S/C17H18FN3O4/c1-11-19-20-15(25-11)10-24-17(23)13-6-8-21(9-7-13)16(22)12-2-4-14(18)5-3-12/h2-5,13H,6-10H2,1H3. The van der Waals surface area contributed by atoms with Gasteiger partial charge < -0.3 is 14.1 Å². The summed E-state index contributed by atoms with van der Waals surface area (Å²) in [6.45, 7) is 2.52. The molecule has 1 aromatic carbocycles. The van der Waals surface area contributed by atoms with Gasteiger partial charge in [0.15, 0.2) is 6.61 Å². The smallest absolute Gasteiger partial charge is 0.309 e. The highest BCUT2D eigenvalue weighted by Crippen LogP contribution is 2.21.